The molecule has 0 radical (unpaired) electrons. The van der Waals surface area contributed by atoms with Gasteiger partial charge in [0.25, 0.3) is 0 Å². The van der Waals surface area contributed by atoms with E-state index in [1.807, 2.05) is 19.1 Å². The Labute approximate surface area is 91.1 Å². The van der Waals surface area contributed by atoms with Crippen molar-refractivity contribution < 1.29 is 4.33 Å². The molecule has 0 aliphatic heterocycles. The predicted octanol–water partition coefficient (Wildman–Crippen LogP) is 2.32. The molecule has 4 nitrogen and oxygen atoms in total. The molecule has 1 aromatic carbocycles. The summed E-state index contributed by atoms with van der Waals surface area (Å²) in [6, 6.07) is 7.29. The van der Waals surface area contributed by atoms with Crippen molar-refractivity contribution in [3.63, 3.8) is 0 Å². The van der Waals surface area contributed by atoms with Gasteiger partial charge >= 0.3 is 0 Å². The van der Waals surface area contributed by atoms with Gasteiger partial charge in [-0.05, 0) is 24.6 Å². The van der Waals surface area contributed by atoms with Crippen molar-refractivity contribution in [1.29, 1.82) is 0 Å². The van der Waals surface area contributed by atoms with Crippen LogP contribution in [0.15, 0.2) is 29.2 Å². The van der Waals surface area contributed by atoms with E-state index in [0.29, 0.717) is 0 Å². The van der Waals surface area contributed by atoms with Crippen LogP contribution in [0, 0.1) is 10.1 Å². The van der Waals surface area contributed by atoms with Crippen LogP contribution in [0.2, 0.25) is 0 Å². The lowest BCUT2D eigenvalue weighted by Crippen LogP contribution is -2.09. The summed E-state index contributed by atoms with van der Waals surface area (Å²) < 4.78 is -0.201. The van der Waals surface area contributed by atoms with E-state index >= 15 is 0 Å². The van der Waals surface area contributed by atoms with Gasteiger partial charge < -0.3 is 5.73 Å². The standard InChI is InChI=1S/C10H16N2O2S/c1-8(11)9-4-6-10(7-5-9)15(2,3)12(13)14/h4-8H,11H2,1-3H3/t8-/m0/s1. The smallest absolute Gasteiger partial charge is 0.0751 e. The maximum absolute atomic E-state index is 10.9. The van der Waals surface area contributed by atoms with Gasteiger partial charge in [-0.1, -0.05) is 12.1 Å². The summed E-state index contributed by atoms with van der Waals surface area (Å²) in [4.78, 5) is 11.6. The van der Waals surface area contributed by atoms with Crippen molar-refractivity contribution in [2.45, 2.75) is 17.9 Å². The Morgan fingerprint density at radius 2 is 1.80 bits per heavy atom. The Bertz CT molecular complexity index is 360. The summed E-state index contributed by atoms with van der Waals surface area (Å²) in [6.07, 6.45) is 3.35. The summed E-state index contributed by atoms with van der Waals surface area (Å²) >= 11 is 0. The van der Waals surface area contributed by atoms with Crippen LogP contribution in [0.5, 0.6) is 0 Å². The molecule has 0 aliphatic carbocycles. The van der Waals surface area contributed by atoms with Gasteiger partial charge in [-0.15, -0.1) is 0 Å². The highest BCUT2D eigenvalue weighted by Crippen LogP contribution is 2.48. The van der Waals surface area contributed by atoms with E-state index in [-0.39, 0.29) is 10.4 Å². The molecule has 0 fully saturated rings. The van der Waals surface area contributed by atoms with Crippen LogP contribution < -0.4 is 5.73 Å². The fraction of sp³-hybridized carbons (Fsp3) is 0.400. The van der Waals surface area contributed by atoms with Crippen LogP contribution in [0.1, 0.15) is 18.5 Å². The fourth-order valence-corrected chi connectivity index (χ4v) is 2.16. The average molecular weight is 228 g/mol. The molecule has 0 aliphatic rings. The Morgan fingerprint density at radius 3 is 2.13 bits per heavy atom. The van der Waals surface area contributed by atoms with Crippen molar-refractivity contribution in [3.05, 3.63) is 39.9 Å². The maximum Gasteiger partial charge on any atom is 0.0751 e. The third-order valence-electron chi connectivity index (χ3n) is 2.36. The van der Waals surface area contributed by atoms with Gasteiger partial charge in [0.15, 0.2) is 0 Å². The normalized spacial score (nSPS) is 14.7. The summed E-state index contributed by atoms with van der Waals surface area (Å²) in [5.74, 6) is 0. The van der Waals surface area contributed by atoms with Gasteiger partial charge in [0.2, 0.25) is 0 Å². The second-order valence-electron chi connectivity index (χ2n) is 3.85. The van der Waals surface area contributed by atoms with E-state index in [9.17, 15) is 10.1 Å². The topological polar surface area (TPSA) is 69.2 Å². The zero-order chi connectivity index (χ0) is 11.6. The minimum atomic E-state index is -1.94. The Kier molecular flexibility index (Phi) is 3.36. The summed E-state index contributed by atoms with van der Waals surface area (Å²) in [7, 11) is -1.94. The molecule has 0 saturated heterocycles. The molecule has 1 atom stereocenters. The van der Waals surface area contributed by atoms with Crippen LogP contribution in [0.25, 0.3) is 0 Å². The molecule has 0 heterocycles. The number of rotatable bonds is 3. The van der Waals surface area contributed by atoms with Crippen molar-refractivity contribution in [2.24, 2.45) is 5.73 Å². The quantitative estimate of drug-likeness (QED) is 0.637. The van der Waals surface area contributed by atoms with Gasteiger partial charge in [-0.2, -0.15) is 0 Å². The largest absolute Gasteiger partial charge is 0.324 e. The first kappa shape index (κ1) is 12.0. The molecule has 0 amide bonds. The number of nitrogens with two attached hydrogens (primary N) is 1. The molecule has 0 aromatic heterocycles. The Balaban J connectivity index is 3.04. The Hall–Kier alpha value is -1.07. The van der Waals surface area contributed by atoms with Crippen molar-refractivity contribution in [3.8, 4) is 0 Å². The highest BCUT2D eigenvalue weighted by atomic mass is 32.3. The first-order valence-corrected chi connectivity index (χ1v) is 7.00. The molecule has 2 N–H and O–H groups in total. The molecule has 0 spiro atoms. The molecule has 0 unspecified atom stereocenters. The second-order valence-corrected chi connectivity index (χ2v) is 7.17. The molecule has 1 aromatic rings. The lowest BCUT2D eigenvalue weighted by atomic mass is 10.1. The highest BCUT2D eigenvalue weighted by molar-refractivity contribution is 8.27. The fourth-order valence-electron chi connectivity index (χ4n) is 1.19. The molecule has 84 valence electrons. The van der Waals surface area contributed by atoms with Gasteiger partial charge in [0, 0.05) is 28.8 Å². The molecule has 0 saturated carbocycles. The summed E-state index contributed by atoms with van der Waals surface area (Å²) in [5, 5.41) is 10.9. The van der Waals surface area contributed by atoms with E-state index in [1.54, 1.807) is 24.6 Å². The average Bonchev–Trinajstić information content (AvgIpc) is 2.17. The van der Waals surface area contributed by atoms with Gasteiger partial charge in [-0.3, -0.25) is 10.1 Å². The monoisotopic (exact) mass is 228 g/mol. The first-order valence-electron chi connectivity index (χ1n) is 4.59. The maximum atomic E-state index is 10.9. The molecule has 1 rings (SSSR count). The minimum absolute atomic E-state index is 0.0345. The molecule has 0 bridgehead atoms. The van der Waals surface area contributed by atoms with Crippen LogP contribution in [-0.4, -0.2) is 16.8 Å². The van der Waals surface area contributed by atoms with Crippen LogP contribution in [0.4, 0.5) is 0 Å². The third-order valence-corrected chi connectivity index (χ3v) is 4.53. The molecular weight excluding hydrogens is 212 g/mol. The predicted molar refractivity (Wildman–Crippen MR) is 63.7 cm³/mol. The Morgan fingerprint density at radius 1 is 1.33 bits per heavy atom. The summed E-state index contributed by atoms with van der Waals surface area (Å²) in [5.41, 5.74) is 6.70. The lowest BCUT2D eigenvalue weighted by Gasteiger charge is -2.21. The number of nitro groups is 1. The van der Waals surface area contributed by atoms with E-state index in [0.717, 1.165) is 10.5 Å². The summed E-state index contributed by atoms with van der Waals surface area (Å²) in [6.45, 7) is 1.89. The van der Waals surface area contributed by atoms with E-state index in [1.165, 1.54) is 0 Å². The third kappa shape index (κ3) is 2.49. The van der Waals surface area contributed by atoms with Crippen molar-refractivity contribution in [2.75, 3.05) is 12.5 Å². The number of hydrogen-bond donors (Lipinski definition) is 1. The molecule has 5 heteroatoms. The van der Waals surface area contributed by atoms with Crippen LogP contribution >= 0.6 is 10.2 Å². The zero-order valence-corrected chi connectivity index (χ0v) is 9.95. The van der Waals surface area contributed by atoms with Gasteiger partial charge in [0.1, 0.15) is 0 Å². The van der Waals surface area contributed by atoms with E-state index < -0.39 is 10.2 Å². The second kappa shape index (κ2) is 4.20. The van der Waals surface area contributed by atoms with Crippen LogP contribution in [-0.2, 0) is 0 Å². The number of benzene rings is 1. The molecule has 15 heavy (non-hydrogen) atoms. The highest BCUT2D eigenvalue weighted by Gasteiger charge is 2.26. The first-order chi connectivity index (χ1) is 6.85. The van der Waals surface area contributed by atoms with Gasteiger partial charge in [0.05, 0.1) is 9.22 Å². The van der Waals surface area contributed by atoms with Crippen molar-refractivity contribution >= 4 is 10.2 Å². The number of nitrogens with zero attached hydrogens (tertiary/aromatic N) is 1. The zero-order valence-electron chi connectivity index (χ0n) is 9.14. The molecular formula is C10H16N2O2S. The SMILES string of the molecule is C[C@H](N)c1ccc(S(C)(C)[N+](=O)[O-])cc1. The minimum Gasteiger partial charge on any atom is -0.324 e. The lowest BCUT2D eigenvalue weighted by molar-refractivity contribution is -0.295. The van der Waals surface area contributed by atoms with Crippen LogP contribution in [0.3, 0.4) is 0 Å². The van der Waals surface area contributed by atoms with E-state index in [2.05, 4.69) is 0 Å². The van der Waals surface area contributed by atoms with Crippen molar-refractivity contribution in [1.82, 2.24) is 0 Å². The number of hydrogen-bond acceptors (Lipinski definition) is 3. The van der Waals surface area contributed by atoms with E-state index in [4.69, 9.17) is 5.73 Å². The van der Waals surface area contributed by atoms with Gasteiger partial charge in [-0.25, -0.2) is 0 Å².